The van der Waals surface area contributed by atoms with Crippen LogP contribution in [0.1, 0.15) is 45.4 Å². The van der Waals surface area contributed by atoms with Crippen molar-refractivity contribution in [3.05, 3.63) is 12.2 Å². The average molecular weight is 265 g/mol. The molecule has 0 amide bonds. The standard InChI is InChI=1S/C14H27N5/c1-4-19-13(16-11-17-19)9-18(3)14(10-15)7-5-12(2)6-8-14/h11-12H,4-10,15H2,1-3H3. The highest BCUT2D eigenvalue weighted by molar-refractivity contribution is 4.96. The third kappa shape index (κ3) is 2.98. The fraction of sp³-hybridized carbons (Fsp3) is 0.857. The van der Waals surface area contributed by atoms with Gasteiger partial charge in [0.15, 0.2) is 0 Å². The minimum atomic E-state index is 0.150. The molecule has 2 rings (SSSR count). The molecule has 5 nitrogen and oxygen atoms in total. The van der Waals surface area contributed by atoms with Gasteiger partial charge in [-0.25, -0.2) is 9.67 Å². The summed E-state index contributed by atoms with van der Waals surface area (Å²) in [7, 11) is 2.18. The number of rotatable bonds is 5. The summed E-state index contributed by atoms with van der Waals surface area (Å²) in [6, 6.07) is 0. The minimum absolute atomic E-state index is 0.150. The van der Waals surface area contributed by atoms with Gasteiger partial charge in [0.2, 0.25) is 0 Å². The van der Waals surface area contributed by atoms with E-state index in [9.17, 15) is 0 Å². The first-order valence-corrected chi connectivity index (χ1v) is 7.39. The van der Waals surface area contributed by atoms with Crippen molar-refractivity contribution < 1.29 is 0 Å². The zero-order valence-corrected chi connectivity index (χ0v) is 12.5. The topological polar surface area (TPSA) is 60.0 Å². The molecule has 5 heteroatoms. The van der Waals surface area contributed by atoms with Gasteiger partial charge in [-0.05, 0) is 45.6 Å². The molecular formula is C14H27N5. The summed E-state index contributed by atoms with van der Waals surface area (Å²) >= 11 is 0. The van der Waals surface area contributed by atoms with Crippen molar-refractivity contribution in [2.45, 2.75) is 58.2 Å². The smallest absolute Gasteiger partial charge is 0.141 e. The van der Waals surface area contributed by atoms with E-state index in [0.29, 0.717) is 0 Å². The lowest BCUT2D eigenvalue weighted by molar-refractivity contribution is 0.0584. The van der Waals surface area contributed by atoms with E-state index in [1.54, 1.807) is 6.33 Å². The fourth-order valence-electron chi connectivity index (χ4n) is 3.10. The lowest BCUT2D eigenvalue weighted by atomic mass is 9.76. The Labute approximate surface area is 116 Å². The third-order valence-corrected chi connectivity index (χ3v) is 4.77. The van der Waals surface area contributed by atoms with Gasteiger partial charge in [0.25, 0.3) is 0 Å². The fourth-order valence-corrected chi connectivity index (χ4v) is 3.10. The van der Waals surface area contributed by atoms with Gasteiger partial charge in [-0.3, -0.25) is 4.90 Å². The van der Waals surface area contributed by atoms with Crippen LogP contribution >= 0.6 is 0 Å². The second-order valence-electron chi connectivity index (χ2n) is 5.96. The van der Waals surface area contributed by atoms with E-state index >= 15 is 0 Å². The van der Waals surface area contributed by atoms with E-state index < -0.39 is 0 Å². The number of aryl methyl sites for hydroxylation is 1. The van der Waals surface area contributed by atoms with E-state index in [1.807, 2.05) is 4.68 Å². The van der Waals surface area contributed by atoms with Crippen LogP contribution in [0, 0.1) is 5.92 Å². The SMILES string of the molecule is CCn1ncnc1CN(C)C1(CN)CCC(C)CC1. The summed E-state index contributed by atoms with van der Waals surface area (Å²) in [5.41, 5.74) is 6.25. The minimum Gasteiger partial charge on any atom is -0.329 e. The Balaban J connectivity index is 2.07. The van der Waals surface area contributed by atoms with Gasteiger partial charge in [-0.1, -0.05) is 6.92 Å². The molecule has 1 aromatic rings. The Morgan fingerprint density at radius 1 is 1.47 bits per heavy atom. The van der Waals surface area contributed by atoms with Crippen molar-refractivity contribution in [3.63, 3.8) is 0 Å². The monoisotopic (exact) mass is 265 g/mol. The molecular weight excluding hydrogens is 238 g/mol. The quantitative estimate of drug-likeness (QED) is 0.879. The lowest BCUT2D eigenvalue weighted by Gasteiger charge is -2.45. The zero-order valence-electron chi connectivity index (χ0n) is 12.5. The van der Waals surface area contributed by atoms with Gasteiger partial charge in [-0.15, -0.1) is 0 Å². The molecule has 0 atom stereocenters. The van der Waals surface area contributed by atoms with Crippen LogP contribution in [-0.4, -0.2) is 38.8 Å². The molecule has 0 unspecified atom stereocenters. The average Bonchev–Trinajstić information content (AvgIpc) is 2.87. The first-order chi connectivity index (χ1) is 9.11. The zero-order chi connectivity index (χ0) is 13.9. The summed E-state index contributed by atoms with van der Waals surface area (Å²) < 4.78 is 1.96. The van der Waals surface area contributed by atoms with E-state index in [0.717, 1.165) is 31.4 Å². The van der Waals surface area contributed by atoms with Crippen LogP contribution in [-0.2, 0) is 13.1 Å². The van der Waals surface area contributed by atoms with E-state index in [2.05, 4.69) is 35.9 Å². The normalized spacial score (nSPS) is 27.9. The number of nitrogens with zero attached hydrogens (tertiary/aromatic N) is 4. The number of aromatic nitrogens is 3. The third-order valence-electron chi connectivity index (χ3n) is 4.77. The van der Waals surface area contributed by atoms with Gasteiger partial charge in [0.1, 0.15) is 12.2 Å². The highest BCUT2D eigenvalue weighted by Crippen LogP contribution is 2.35. The van der Waals surface area contributed by atoms with Gasteiger partial charge in [-0.2, -0.15) is 5.10 Å². The molecule has 0 aromatic carbocycles. The Bertz CT molecular complexity index is 392. The summed E-state index contributed by atoms with van der Waals surface area (Å²) in [5, 5.41) is 4.24. The maximum absolute atomic E-state index is 6.10. The van der Waals surface area contributed by atoms with Crippen molar-refractivity contribution >= 4 is 0 Å². The summed E-state index contributed by atoms with van der Waals surface area (Å²) in [6.07, 6.45) is 6.59. The lowest BCUT2D eigenvalue weighted by Crippen LogP contribution is -2.53. The number of nitrogens with two attached hydrogens (primary N) is 1. The van der Waals surface area contributed by atoms with E-state index in [4.69, 9.17) is 5.73 Å². The molecule has 0 radical (unpaired) electrons. The van der Waals surface area contributed by atoms with Crippen LogP contribution in [0.4, 0.5) is 0 Å². The van der Waals surface area contributed by atoms with Gasteiger partial charge in [0.05, 0.1) is 6.54 Å². The van der Waals surface area contributed by atoms with E-state index in [-0.39, 0.29) is 5.54 Å². The van der Waals surface area contributed by atoms with Crippen LogP contribution in [0.5, 0.6) is 0 Å². The molecule has 1 fully saturated rings. The van der Waals surface area contributed by atoms with Crippen LogP contribution in [0.2, 0.25) is 0 Å². The second kappa shape index (κ2) is 6.01. The largest absolute Gasteiger partial charge is 0.329 e. The Kier molecular flexibility index (Phi) is 4.58. The van der Waals surface area contributed by atoms with Crippen LogP contribution in [0.15, 0.2) is 6.33 Å². The Morgan fingerprint density at radius 2 is 2.16 bits per heavy atom. The predicted molar refractivity (Wildman–Crippen MR) is 76.6 cm³/mol. The highest BCUT2D eigenvalue weighted by atomic mass is 15.3. The maximum Gasteiger partial charge on any atom is 0.141 e. The molecule has 0 bridgehead atoms. The molecule has 0 spiro atoms. The number of hydrogen-bond donors (Lipinski definition) is 1. The van der Waals surface area contributed by atoms with E-state index in [1.165, 1.54) is 25.7 Å². The van der Waals surface area contributed by atoms with Gasteiger partial charge >= 0.3 is 0 Å². The van der Waals surface area contributed by atoms with Crippen molar-refractivity contribution in [2.75, 3.05) is 13.6 Å². The number of likely N-dealkylation sites (N-methyl/N-ethyl adjacent to an activating group) is 1. The first-order valence-electron chi connectivity index (χ1n) is 7.39. The molecule has 1 heterocycles. The molecule has 1 saturated carbocycles. The summed E-state index contributed by atoms with van der Waals surface area (Å²) in [5.74, 6) is 1.88. The van der Waals surface area contributed by atoms with Crippen molar-refractivity contribution in [2.24, 2.45) is 11.7 Å². The molecule has 108 valence electrons. The van der Waals surface area contributed by atoms with Gasteiger partial charge in [0, 0.05) is 18.6 Å². The molecule has 1 aliphatic rings. The van der Waals surface area contributed by atoms with Crippen LogP contribution in [0.3, 0.4) is 0 Å². The van der Waals surface area contributed by atoms with Crippen molar-refractivity contribution in [3.8, 4) is 0 Å². The first kappa shape index (κ1) is 14.5. The summed E-state index contributed by atoms with van der Waals surface area (Å²) in [6.45, 7) is 6.87. The Morgan fingerprint density at radius 3 is 2.74 bits per heavy atom. The molecule has 0 aliphatic heterocycles. The molecule has 19 heavy (non-hydrogen) atoms. The van der Waals surface area contributed by atoms with Crippen LogP contribution < -0.4 is 5.73 Å². The maximum atomic E-state index is 6.10. The Hall–Kier alpha value is -0.940. The second-order valence-corrected chi connectivity index (χ2v) is 5.96. The predicted octanol–water partition coefficient (Wildman–Crippen LogP) is 1.64. The number of hydrogen-bond acceptors (Lipinski definition) is 4. The van der Waals surface area contributed by atoms with Crippen LogP contribution in [0.25, 0.3) is 0 Å². The molecule has 0 saturated heterocycles. The van der Waals surface area contributed by atoms with Crippen molar-refractivity contribution in [1.29, 1.82) is 0 Å². The molecule has 1 aromatic heterocycles. The molecule has 2 N–H and O–H groups in total. The summed E-state index contributed by atoms with van der Waals surface area (Å²) in [4.78, 5) is 6.77. The molecule has 1 aliphatic carbocycles. The van der Waals surface area contributed by atoms with Crippen molar-refractivity contribution in [1.82, 2.24) is 19.7 Å². The van der Waals surface area contributed by atoms with Gasteiger partial charge < -0.3 is 5.73 Å². The highest BCUT2D eigenvalue weighted by Gasteiger charge is 2.36.